The minimum atomic E-state index is -0.472. The summed E-state index contributed by atoms with van der Waals surface area (Å²) in [6, 6.07) is -0.543. The maximum atomic E-state index is 12.2. The minimum absolute atomic E-state index is 0.0599. The maximum Gasteiger partial charge on any atom is 0.235 e. The fourth-order valence-corrected chi connectivity index (χ4v) is 3.39. The lowest BCUT2D eigenvalue weighted by atomic mass is 9.90. The van der Waals surface area contributed by atoms with Gasteiger partial charge in [0.25, 0.3) is 0 Å². The van der Waals surface area contributed by atoms with Crippen LogP contribution in [0.4, 0.5) is 0 Å². The molecule has 90 valence electrons. The van der Waals surface area contributed by atoms with Gasteiger partial charge in [-0.15, -0.1) is 0 Å². The summed E-state index contributed by atoms with van der Waals surface area (Å²) in [5, 5.41) is 0. The van der Waals surface area contributed by atoms with Gasteiger partial charge in [-0.1, -0.05) is 6.08 Å². The molecule has 4 unspecified atom stereocenters. The number of amides is 2. The second-order valence-corrected chi connectivity index (χ2v) is 4.83. The van der Waals surface area contributed by atoms with E-state index in [1.807, 2.05) is 11.9 Å². The molecule has 5 nitrogen and oxygen atoms in total. The SMILES string of the molecule is CCN1C(=O)C2C(C1=O)C1C(=O)C=CC2N1C. The molecule has 3 rings (SSSR count). The monoisotopic (exact) mass is 234 g/mol. The number of nitrogens with zero attached hydrogens (tertiary/aromatic N) is 2. The first-order valence-corrected chi connectivity index (χ1v) is 5.87. The van der Waals surface area contributed by atoms with Crippen molar-refractivity contribution in [3.05, 3.63) is 12.2 Å². The Morgan fingerprint density at radius 2 is 1.82 bits per heavy atom. The van der Waals surface area contributed by atoms with Crippen LogP contribution in [-0.2, 0) is 14.4 Å². The summed E-state index contributed by atoms with van der Waals surface area (Å²) < 4.78 is 0. The van der Waals surface area contributed by atoms with Crippen LogP contribution in [-0.4, -0.2) is 53.1 Å². The van der Waals surface area contributed by atoms with Crippen molar-refractivity contribution in [3.63, 3.8) is 0 Å². The van der Waals surface area contributed by atoms with Crippen molar-refractivity contribution < 1.29 is 14.4 Å². The Bertz CT molecular complexity index is 457. The first-order chi connectivity index (χ1) is 8.07. The highest BCUT2D eigenvalue weighted by Gasteiger charge is 2.62. The molecular weight excluding hydrogens is 220 g/mol. The van der Waals surface area contributed by atoms with E-state index in [9.17, 15) is 14.4 Å². The molecule has 5 heteroatoms. The summed E-state index contributed by atoms with van der Waals surface area (Å²) in [6.45, 7) is 2.18. The molecule has 0 N–H and O–H groups in total. The van der Waals surface area contributed by atoms with Crippen molar-refractivity contribution in [2.75, 3.05) is 13.6 Å². The molecule has 3 aliphatic heterocycles. The number of imide groups is 1. The third kappa shape index (κ3) is 1.10. The summed E-state index contributed by atoms with van der Waals surface area (Å²) in [5.41, 5.74) is 0. The Labute approximate surface area is 99.1 Å². The minimum Gasteiger partial charge on any atom is -0.293 e. The molecule has 2 bridgehead atoms. The Balaban J connectivity index is 2.08. The second kappa shape index (κ2) is 3.26. The zero-order chi connectivity index (χ0) is 12.3. The van der Waals surface area contributed by atoms with Crippen molar-refractivity contribution in [1.82, 2.24) is 9.80 Å². The molecule has 0 aromatic heterocycles. The molecule has 3 heterocycles. The van der Waals surface area contributed by atoms with E-state index in [1.165, 1.54) is 11.0 Å². The van der Waals surface area contributed by atoms with Gasteiger partial charge in [-0.2, -0.15) is 0 Å². The highest BCUT2D eigenvalue weighted by atomic mass is 16.2. The van der Waals surface area contributed by atoms with Crippen molar-refractivity contribution in [1.29, 1.82) is 0 Å². The molecule has 3 aliphatic rings. The van der Waals surface area contributed by atoms with Gasteiger partial charge >= 0.3 is 0 Å². The van der Waals surface area contributed by atoms with Crippen LogP contribution in [0.1, 0.15) is 6.92 Å². The predicted molar refractivity (Wildman–Crippen MR) is 58.9 cm³/mol. The van der Waals surface area contributed by atoms with Crippen LogP contribution in [0.25, 0.3) is 0 Å². The molecule has 17 heavy (non-hydrogen) atoms. The van der Waals surface area contributed by atoms with E-state index in [4.69, 9.17) is 0 Å². The van der Waals surface area contributed by atoms with Crippen LogP contribution in [0, 0.1) is 11.8 Å². The molecule has 0 radical (unpaired) electrons. The van der Waals surface area contributed by atoms with E-state index in [-0.39, 0.29) is 29.6 Å². The Morgan fingerprint density at radius 3 is 2.47 bits per heavy atom. The van der Waals surface area contributed by atoms with E-state index in [0.717, 1.165) is 0 Å². The van der Waals surface area contributed by atoms with Crippen molar-refractivity contribution in [3.8, 4) is 0 Å². The fourth-order valence-electron chi connectivity index (χ4n) is 3.39. The standard InChI is InChI=1S/C12H14N2O3/c1-3-14-11(16)8-6-4-5-7(15)10(13(6)2)9(8)12(14)17/h4-6,8-10H,3H2,1-2H3. The first-order valence-electron chi connectivity index (χ1n) is 5.87. The topological polar surface area (TPSA) is 57.7 Å². The van der Waals surface area contributed by atoms with Gasteiger partial charge in [0.2, 0.25) is 11.8 Å². The summed E-state index contributed by atoms with van der Waals surface area (Å²) in [5.74, 6) is -1.20. The molecule has 0 aromatic rings. The first kappa shape index (κ1) is 10.7. The predicted octanol–water partition coefficient (Wildman–Crippen LogP) is -0.571. The van der Waals surface area contributed by atoms with Crippen LogP contribution in [0.2, 0.25) is 0 Å². The number of hydrogen-bond acceptors (Lipinski definition) is 4. The number of likely N-dealkylation sites (tertiary alicyclic amines) is 1. The molecule has 2 saturated heterocycles. The highest BCUT2D eigenvalue weighted by molar-refractivity contribution is 6.11. The van der Waals surface area contributed by atoms with Gasteiger partial charge in [0.05, 0.1) is 17.9 Å². The highest BCUT2D eigenvalue weighted by Crippen LogP contribution is 2.44. The van der Waals surface area contributed by atoms with E-state index in [2.05, 4.69) is 0 Å². The van der Waals surface area contributed by atoms with Crippen molar-refractivity contribution in [2.24, 2.45) is 11.8 Å². The van der Waals surface area contributed by atoms with Gasteiger partial charge in [-0.25, -0.2) is 0 Å². The Kier molecular flexibility index (Phi) is 2.04. The van der Waals surface area contributed by atoms with Gasteiger partial charge in [-0.05, 0) is 20.0 Å². The Hall–Kier alpha value is -1.49. The maximum absolute atomic E-state index is 12.2. The van der Waals surface area contributed by atoms with Crippen LogP contribution < -0.4 is 0 Å². The fraction of sp³-hybridized carbons (Fsp3) is 0.583. The summed E-state index contributed by atoms with van der Waals surface area (Å²) in [4.78, 5) is 39.3. The quantitative estimate of drug-likeness (QED) is 0.570. The van der Waals surface area contributed by atoms with Crippen molar-refractivity contribution in [2.45, 2.75) is 19.0 Å². The number of carbonyl (C=O) groups is 3. The number of carbonyl (C=O) groups excluding carboxylic acids is 3. The molecule has 2 amide bonds. The lowest BCUT2D eigenvalue weighted by Gasteiger charge is -2.29. The van der Waals surface area contributed by atoms with E-state index >= 15 is 0 Å². The largest absolute Gasteiger partial charge is 0.293 e. The number of fused-ring (bicyclic) bond motifs is 5. The average Bonchev–Trinajstić information content (AvgIpc) is 2.63. The molecule has 0 aromatic carbocycles. The zero-order valence-electron chi connectivity index (χ0n) is 9.79. The molecule has 0 saturated carbocycles. The van der Waals surface area contributed by atoms with Crippen LogP contribution >= 0.6 is 0 Å². The molecule has 4 atom stereocenters. The van der Waals surface area contributed by atoms with Gasteiger partial charge < -0.3 is 0 Å². The molecule has 2 fully saturated rings. The van der Waals surface area contributed by atoms with Crippen molar-refractivity contribution >= 4 is 17.6 Å². The van der Waals surface area contributed by atoms with Gasteiger partial charge in [0.15, 0.2) is 5.78 Å². The van der Waals surface area contributed by atoms with Crippen LogP contribution in [0.5, 0.6) is 0 Å². The molecule has 0 aliphatic carbocycles. The lowest BCUT2D eigenvalue weighted by molar-refractivity contribution is -0.142. The number of hydrogen-bond donors (Lipinski definition) is 0. The van der Waals surface area contributed by atoms with Gasteiger partial charge in [0.1, 0.15) is 0 Å². The zero-order valence-corrected chi connectivity index (χ0v) is 9.79. The number of ketones is 1. The van der Waals surface area contributed by atoms with Gasteiger partial charge in [0, 0.05) is 12.6 Å². The third-order valence-electron chi connectivity index (χ3n) is 4.17. The van der Waals surface area contributed by atoms with Gasteiger partial charge in [-0.3, -0.25) is 24.2 Å². The normalized spacial score (nSPS) is 40.4. The number of rotatable bonds is 1. The van der Waals surface area contributed by atoms with E-state index < -0.39 is 12.0 Å². The Morgan fingerprint density at radius 1 is 1.18 bits per heavy atom. The van der Waals surface area contributed by atoms with Crippen LogP contribution in [0.15, 0.2) is 12.2 Å². The molecular formula is C12H14N2O3. The summed E-state index contributed by atoms with van der Waals surface area (Å²) >= 11 is 0. The molecule has 0 spiro atoms. The second-order valence-electron chi connectivity index (χ2n) is 4.83. The summed E-state index contributed by atoms with van der Waals surface area (Å²) in [6.07, 6.45) is 3.28. The van der Waals surface area contributed by atoms with Crippen LogP contribution in [0.3, 0.4) is 0 Å². The van der Waals surface area contributed by atoms with E-state index in [0.29, 0.717) is 6.54 Å². The summed E-state index contributed by atoms with van der Waals surface area (Å²) in [7, 11) is 1.81. The van der Waals surface area contributed by atoms with E-state index in [1.54, 1.807) is 13.0 Å². The third-order valence-corrected chi connectivity index (χ3v) is 4.17. The number of likely N-dealkylation sites (N-methyl/N-ethyl adjacent to an activating group) is 1. The average molecular weight is 234 g/mol. The lowest BCUT2D eigenvalue weighted by Crippen LogP contribution is -2.47. The smallest absolute Gasteiger partial charge is 0.235 e.